The van der Waals surface area contributed by atoms with Crippen molar-refractivity contribution in [3.63, 3.8) is 0 Å². The summed E-state index contributed by atoms with van der Waals surface area (Å²) in [5.41, 5.74) is -0.126. The highest BCUT2D eigenvalue weighted by Gasteiger charge is 2.36. The summed E-state index contributed by atoms with van der Waals surface area (Å²) in [6.45, 7) is -0.324. The minimum Gasteiger partial charge on any atom is -0.489 e. The van der Waals surface area contributed by atoms with Gasteiger partial charge in [-0.25, -0.2) is 4.79 Å². The van der Waals surface area contributed by atoms with Crippen molar-refractivity contribution in [2.45, 2.75) is 17.1 Å². The van der Waals surface area contributed by atoms with Crippen LogP contribution in [-0.4, -0.2) is 36.9 Å². The molecule has 0 fully saturated rings. The summed E-state index contributed by atoms with van der Waals surface area (Å²) in [5.74, 6) is -0.572. The van der Waals surface area contributed by atoms with Gasteiger partial charge in [0.05, 0.1) is 23.9 Å². The fourth-order valence-corrected chi connectivity index (χ4v) is 3.77. The second-order valence-electron chi connectivity index (χ2n) is 5.75. The Balaban J connectivity index is 1.90. The molecule has 1 aliphatic heterocycles. The fraction of sp³-hybridized carbons (Fsp3) is 0.278. The van der Waals surface area contributed by atoms with Crippen LogP contribution in [0.5, 0.6) is 5.75 Å². The monoisotopic (exact) mass is 399 g/mol. The molecule has 27 heavy (non-hydrogen) atoms. The van der Waals surface area contributed by atoms with E-state index >= 15 is 0 Å². The van der Waals surface area contributed by atoms with Gasteiger partial charge in [-0.05, 0) is 36.2 Å². The Morgan fingerprint density at radius 2 is 1.93 bits per heavy atom. The molecule has 0 bridgehead atoms. The highest BCUT2D eigenvalue weighted by atomic mass is 32.2. The number of ether oxygens (including phenoxy) is 2. The first-order chi connectivity index (χ1) is 12.9. The van der Waals surface area contributed by atoms with E-state index in [2.05, 4.69) is 0 Å². The van der Waals surface area contributed by atoms with Crippen LogP contribution in [0.3, 0.4) is 0 Å². The number of nitrogens with zero attached hydrogens (tertiary/aromatic N) is 1. The first-order valence-corrected chi connectivity index (χ1v) is 8.78. The van der Waals surface area contributed by atoms with E-state index in [0.717, 1.165) is 18.0 Å². The normalized spacial score (nSPS) is 16.6. The summed E-state index contributed by atoms with van der Waals surface area (Å²) in [7, 11) is 0. The molecular formula is C18H16F3NO4S. The second kappa shape index (κ2) is 8.10. The SMILES string of the molecule is O=C(O)COCC1COc2ccccc2N1Sc1ccccc1C(F)(F)F. The van der Waals surface area contributed by atoms with Crippen LogP contribution in [0.1, 0.15) is 5.56 Å². The Hall–Kier alpha value is -2.39. The summed E-state index contributed by atoms with van der Waals surface area (Å²) in [6, 6.07) is 11.9. The van der Waals surface area contributed by atoms with Crippen molar-refractivity contribution in [3.8, 4) is 5.75 Å². The fourth-order valence-electron chi connectivity index (χ4n) is 2.62. The van der Waals surface area contributed by atoms with E-state index in [4.69, 9.17) is 14.6 Å². The lowest BCUT2D eigenvalue weighted by atomic mass is 10.2. The van der Waals surface area contributed by atoms with Crippen LogP contribution in [0, 0.1) is 0 Å². The number of hydrogen-bond donors (Lipinski definition) is 1. The number of fused-ring (bicyclic) bond motifs is 1. The van der Waals surface area contributed by atoms with Gasteiger partial charge in [0.2, 0.25) is 0 Å². The van der Waals surface area contributed by atoms with Gasteiger partial charge in [0.1, 0.15) is 19.0 Å². The first kappa shape index (κ1) is 19.4. The maximum Gasteiger partial charge on any atom is 0.417 e. The van der Waals surface area contributed by atoms with Gasteiger partial charge in [-0.3, -0.25) is 4.31 Å². The number of halogens is 3. The van der Waals surface area contributed by atoms with E-state index in [1.54, 1.807) is 34.6 Å². The second-order valence-corrected chi connectivity index (χ2v) is 6.77. The highest BCUT2D eigenvalue weighted by Crippen LogP contribution is 2.44. The molecule has 1 N–H and O–H groups in total. The van der Waals surface area contributed by atoms with Crippen molar-refractivity contribution in [1.82, 2.24) is 0 Å². The summed E-state index contributed by atoms with van der Waals surface area (Å²) >= 11 is 0.934. The molecule has 2 aromatic rings. The average molecular weight is 399 g/mol. The molecule has 1 unspecified atom stereocenters. The van der Waals surface area contributed by atoms with E-state index in [1.807, 2.05) is 0 Å². The van der Waals surface area contributed by atoms with Crippen LogP contribution in [0.25, 0.3) is 0 Å². The summed E-state index contributed by atoms with van der Waals surface area (Å²) in [4.78, 5) is 10.7. The maximum atomic E-state index is 13.3. The van der Waals surface area contributed by atoms with Crippen molar-refractivity contribution in [1.29, 1.82) is 0 Å². The van der Waals surface area contributed by atoms with E-state index < -0.39 is 30.4 Å². The molecule has 0 amide bonds. The average Bonchev–Trinajstić information content (AvgIpc) is 2.62. The van der Waals surface area contributed by atoms with Gasteiger partial charge in [0.25, 0.3) is 0 Å². The third-order valence-corrected chi connectivity index (χ3v) is 5.03. The van der Waals surface area contributed by atoms with Gasteiger partial charge in [-0.1, -0.05) is 24.3 Å². The highest BCUT2D eigenvalue weighted by molar-refractivity contribution is 8.00. The number of hydrogen-bond acceptors (Lipinski definition) is 5. The molecule has 1 atom stereocenters. The minimum atomic E-state index is -4.48. The predicted octanol–water partition coefficient (Wildman–Crippen LogP) is 4.08. The van der Waals surface area contributed by atoms with Gasteiger partial charge >= 0.3 is 12.1 Å². The molecule has 0 saturated heterocycles. The molecule has 0 radical (unpaired) electrons. The smallest absolute Gasteiger partial charge is 0.417 e. The molecule has 1 aliphatic rings. The van der Waals surface area contributed by atoms with Crippen LogP contribution < -0.4 is 9.04 Å². The zero-order valence-corrected chi connectivity index (χ0v) is 14.8. The summed E-state index contributed by atoms with van der Waals surface area (Å²) < 4.78 is 52.5. The summed E-state index contributed by atoms with van der Waals surface area (Å²) in [6.07, 6.45) is -4.48. The zero-order chi connectivity index (χ0) is 19.4. The van der Waals surface area contributed by atoms with Crippen LogP contribution >= 0.6 is 11.9 Å². The third-order valence-electron chi connectivity index (χ3n) is 3.79. The standard InChI is InChI=1S/C18H16F3NO4S/c19-18(20,21)13-5-1-4-8-16(13)27-22-12(9-25-11-17(23)24)10-26-15-7-3-2-6-14(15)22/h1-8,12H,9-11H2,(H,23,24). The number of rotatable bonds is 6. The van der Waals surface area contributed by atoms with Crippen molar-refractivity contribution in [3.05, 3.63) is 54.1 Å². The van der Waals surface area contributed by atoms with Gasteiger partial charge in [-0.2, -0.15) is 13.2 Å². The van der Waals surface area contributed by atoms with Crippen LogP contribution in [0.2, 0.25) is 0 Å². The molecule has 3 rings (SSSR count). The molecule has 1 heterocycles. The number of carboxylic acid groups (broad SMARTS) is 1. The van der Waals surface area contributed by atoms with Crippen molar-refractivity contribution >= 4 is 23.6 Å². The number of carbonyl (C=O) groups is 1. The van der Waals surface area contributed by atoms with E-state index in [0.29, 0.717) is 11.4 Å². The van der Waals surface area contributed by atoms with Gasteiger partial charge in [-0.15, -0.1) is 0 Å². The van der Waals surface area contributed by atoms with E-state index in [1.165, 1.54) is 12.1 Å². The number of benzene rings is 2. The minimum absolute atomic E-state index is 0.00180. The quantitative estimate of drug-likeness (QED) is 0.739. The molecule has 9 heteroatoms. The van der Waals surface area contributed by atoms with Crippen molar-refractivity contribution in [2.75, 3.05) is 24.1 Å². The van der Waals surface area contributed by atoms with Crippen molar-refractivity contribution in [2.24, 2.45) is 0 Å². The topological polar surface area (TPSA) is 59.0 Å². The Morgan fingerprint density at radius 3 is 2.67 bits per heavy atom. The lowest BCUT2D eigenvalue weighted by molar-refractivity contribution is -0.142. The number of alkyl halides is 3. The van der Waals surface area contributed by atoms with Crippen LogP contribution in [0.4, 0.5) is 18.9 Å². The van der Waals surface area contributed by atoms with Crippen LogP contribution in [-0.2, 0) is 15.7 Å². The Morgan fingerprint density at radius 1 is 1.22 bits per heavy atom. The number of anilines is 1. The van der Waals surface area contributed by atoms with Crippen molar-refractivity contribution < 1.29 is 32.5 Å². The largest absolute Gasteiger partial charge is 0.489 e. The molecule has 0 saturated carbocycles. The lowest BCUT2D eigenvalue weighted by Crippen LogP contribution is -2.42. The van der Waals surface area contributed by atoms with Crippen LogP contribution in [0.15, 0.2) is 53.4 Å². The lowest BCUT2D eigenvalue weighted by Gasteiger charge is -2.37. The Kier molecular flexibility index (Phi) is 5.81. The molecule has 144 valence electrons. The van der Waals surface area contributed by atoms with Gasteiger partial charge < -0.3 is 14.6 Å². The molecule has 0 spiro atoms. The number of para-hydroxylation sites is 2. The first-order valence-electron chi connectivity index (χ1n) is 8.01. The molecule has 2 aromatic carbocycles. The number of carboxylic acids is 1. The Bertz CT molecular complexity index is 815. The van der Waals surface area contributed by atoms with E-state index in [9.17, 15) is 18.0 Å². The van der Waals surface area contributed by atoms with Gasteiger partial charge in [0.15, 0.2) is 0 Å². The predicted molar refractivity (Wildman–Crippen MR) is 94.0 cm³/mol. The third kappa shape index (κ3) is 4.67. The molecule has 0 aliphatic carbocycles. The Labute approximate surface area is 157 Å². The number of aliphatic carboxylic acids is 1. The van der Waals surface area contributed by atoms with E-state index in [-0.39, 0.29) is 18.1 Å². The molecule has 0 aromatic heterocycles. The molecular weight excluding hydrogens is 383 g/mol. The summed E-state index contributed by atoms with van der Waals surface area (Å²) in [5, 5.41) is 8.73. The molecule has 5 nitrogen and oxygen atoms in total. The van der Waals surface area contributed by atoms with Gasteiger partial charge in [0, 0.05) is 4.90 Å². The maximum absolute atomic E-state index is 13.3. The zero-order valence-electron chi connectivity index (χ0n) is 14.0.